The Bertz CT molecular complexity index is 1620. The van der Waals surface area contributed by atoms with Crippen molar-refractivity contribution in [2.24, 2.45) is 0 Å². The molecule has 0 saturated carbocycles. The first-order valence-electron chi connectivity index (χ1n) is 11.5. The van der Waals surface area contributed by atoms with Crippen LogP contribution in [0.15, 0.2) is 54.2 Å². The van der Waals surface area contributed by atoms with E-state index in [0.29, 0.717) is 27.2 Å². The Morgan fingerprint density at radius 3 is 2.72 bits per heavy atom. The molecule has 4 aromatic rings. The summed E-state index contributed by atoms with van der Waals surface area (Å²) in [6.45, 7) is 0.505. The van der Waals surface area contributed by atoms with Crippen molar-refractivity contribution in [1.82, 2.24) is 4.57 Å². The second-order valence-corrected chi connectivity index (χ2v) is 10.6. The fourth-order valence-electron chi connectivity index (χ4n) is 4.60. The molecule has 0 fully saturated rings. The van der Waals surface area contributed by atoms with E-state index in [1.807, 2.05) is 47.2 Å². The first kappa shape index (κ1) is 24.2. The molecule has 5 nitrogen and oxygen atoms in total. The first-order valence-corrected chi connectivity index (χ1v) is 13.1. The number of aryl methyl sites for hydroxylation is 1. The number of nitrogens with zero attached hydrogens (tertiary/aromatic N) is 3. The van der Waals surface area contributed by atoms with Crippen molar-refractivity contribution >= 4 is 62.4 Å². The van der Waals surface area contributed by atoms with Gasteiger partial charge in [0.05, 0.1) is 5.56 Å². The molecule has 0 atom stereocenters. The fraction of sp³-hybridized carbons (Fsp3) is 0.179. The number of anilines is 1. The van der Waals surface area contributed by atoms with E-state index in [-0.39, 0.29) is 5.57 Å². The number of benzene rings is 2. The Hall–Kier alpha value is -3.55. The summed E-state index contributed by atoms with van der Waals surface area (Å²) in [5.74, 6) is -0.523. The van der Waals surface area contributed by atoms with Gasteiger partial charge in [0, 0.05) is 44.1 Å². The number of para-hydroxylation sites is 1. The van der Waals surface area contributed by atoms with E-state index < -0.39 is 5.91 Å². The van der Waals surface area contributed by atoms with Crippen molar-refractivity contribution < 1.29 is 4.79 Å². The van der Waals surface area contributed by atoms with E-state index in [1.165, 1.54) is 11.3 Å². The first-order chi connectivity index (χ1) is 17.5. The number of fused-ring (bicyclic) bond motifs is 2. The smallest absolute Gasteiger partial charge is 0.266 e. The summed E-state index contributed by atoms with van der Waals surface area (Å²) < 4.78 is 2.03. The molecule has 1 aliphatic rings. The van der Waals surface area contributed by atoms with E-state index in [9.17, 15) is 15.3 Å². The van der Waals surface area contributed by atoms with Crippen LogP contribution in [0.1, 0.15) is 40.0 Å². The van der Waals surface area contributed by atoms with Crippen molar-refractivity contribution in [2.45, 2.75) is 32.2 Å². The highest BCUT2D eigenvalue weighted by molar-refractivity contribution is 7.16. The number of carbonyl (C=O) groups excluding carboxylic acids is 1. The molecule has 2 aromatic heterocycles. The molecule has 178 valence electrons. The minimum Gasteiger partial charge on any atom is -0.342 e. The molecule has 1 amide bonds. The molecule has 0 bridgehead atoms. The summed E-state index contributed by atoms with van der Waals surface area (Å²) in [7, 11) is 0. The molecule has 0 saturated heterocycles. The molecule has 2 aromatic carbocycles. The van der Waals surface area contributed by atoms with Crippen LogP contribution in [-0.2, 0) is 24.2 Å². The zero-order valence-electron chi connectivity index (χ0n) is 19.1. The van der Waals surface area contributed by atoms with Gasteiger partial charge in [-0.1, -0.05) is 47.5 Å². The van der Waals surface area contributed by atoms with Crippen molar-refractivity contribution in [3.05, 3.63) is 91.4 Å². The van der Waals surface area contributed by atoms with E-state index in [0.717, 1.165) is 58.2 Å². The Labute approximate surface area is 222 Å². The van der Waals surface area contributed by atoms with Gasteiger partial charge in [-0.15, -0.1) is 11.3 Å². The van der Waals surface area contributed by atoms with Crippen LogP contribution in [0.5, 0.6) is 0 Å². The van der Waals surface area contributed by atoms with Crippen LogP contribution in [0.2, 0.25) is 10.0 Å². The highest BCUT2D eigenvalue weighted by Gasteiger charge is 2.23. The monoisotopic (exact) mass is 530 g/mol. The molecule has 8 heteroatoms. The summed E-state index contributed by atoms with van der Waals surface area (Å²) in [6.07, 6.45) is 7.40. The van der Waals surface area contributed by atoms with Gasteiger partial charge in [-0.3, -0.25) is 4.79 Å². The van der Waals surface area contributed by atoms with Gasteiger partial charge in [-0.2, -0.15) is 10.5 Å². The van der Waals surface area contributed by atoms with Gasteiger partial charge in [0.1, 0.15) is 22.7 Å². The van der Waals surface area contributed by atoms with Crippen LogP contribution in [0.4, 0.5) is 5.00 Å². The van der Waals surface area contributed by atoms with Crippen LogP contribution in [-0.4, -0.2) is 10.5 Å². The predicted octanol–water partition coefficient (Wildman–Crippen LogP) is 7.35. The number of nitriles is 2. The van der Waals surface area contributed by atoms with Gasteiger partial charge in [0.15, 0.2) is 0 Å². The van der Waals surface area contributed by atoms with E-state index in [1.54, 1.807) is 18.2 Å². The minimum absolute atomic E-state index is 0.0299. The number of thiophene rings is 1. The number of hydrogen-bond donors (Lipinski definition) is 1. The maximum Gasteiger partial charge on any atom is 0.266 e. The molecule has 36 heavy (non-hydrogen) atoms. The molecule has 0 radical (unpaired) electrons. The lowest BCUT2D eigenvalue weighted by Gasteiger charge is -2.09. The second kappa shape index (κ2) is 10.2. The Morgan fingerprint density at radius 2 is 1.94 bits per heavy atom. The zero-order chi connectivity index (χ0) is 25.2. The highest BCUT2D eigenvalue weighted by atomic mass is 35.5. The highest BCUT2D eigenvalue weighted by Crippen LogP contribution is 2.38. The van der Waals surface area contributed by atoms with Crippen molar-refractivity contribution in [1.29, 1.82) is 10.5 Å². The van der Waals surface area contributed by atoms with Crippen LogP contribution < -0.4 is 5.32 Å². The Kier molecular flexibility index (Phi) is 6.85. The Balaban J connectivity index is 1.48. The summed E-state index contributed by atoms with van der Waals surface area (Å²) in [5, 5.41) is 24.9. The lowest BCUT2D eigenvalue weighted by Crippen LogP contribution is -2.13. The van der Waals surface area contributed by atoms with Crippen molar-refractivity contribution in [3.8, 4) is 12.1 Å². The molecule has 0 aliphatic heterocycles. The summed E-state index contributed by atoms with van der Waals surface area (Å²) >= 11 is 13.9. The maximum atomic E-state index is 13.1. The van der Waals surface area contributed by atoms with Crippen molar-refractivity contribution in [3.63, 3.8) is 0 Å². The topological polar surface area (TPSA) is 81.6 Å². The van der Waals surface area contributed by atoms with Crippen molar-refractivity contribution in [2.75, 3.05) is 5.32 Å². The summed E-state index contributed by atoms with van der Waals surface area (Å²) in [4.78, 5) is 14.3. The molecule has 0 spiro atoms. The van der Waals surface area contributed by atoms with Gasteiger partial charge in [0.2, 0.25) is 0 Å². The van der Waals surface area contributed by atoms with E-state index in [4.69, 9.17) is 23.2 Å². The average Bonchev–Trinajstić information content (AvgIpc) is 3.41. The largest absolute Gasteiger partial charge is 0.342 e. The second-order valence-electron chi connectivity index (χ2n) is 8.62. The third kappa shape index (κ3) is 4.64. The SMILES string of the molecule is N#C/C(=C\c1cn(Cc2ccc(Cl)cc2Cl)c2ccccc12)C(=O)Nc1sc2c(c1C#N)CCCC2. The third-order valence-corrected chi connectivity index (χ3v) is 8.14. The summed E-state index contributed by atoms with van der Waals surface area (Å²) in [5.41, 5.74) is 4.13. The lowest BCUT2D eigenvalue weighted by atomic mass is 9.96. The lowest BCUT2D eigenvalue weighted by molar-refractivity contribution is -0.112. The zero-order valence-corrected chi connectivity index (χ0v) is 21.5. The summed E-state index contributed by atoms with van der Waals surface area (Å²) in [6, 6.07) is 17.5. The number of carbonyl (C=O) groups is 1. The maximum absolute atomic E-state index is 13.1. The van der Waals surface area contributed by atoms with Gasteiger partial charge >= 0.3 is 0 Å². The van der Waals surface area contributed by atoms with Crippen LogP contribution in [0, 0.1) is 22.7 Å². The van der Waals surface area contributed by atoms with Gasteiger partial charge in [0.25, 0.3) is 5.91 Å². The number of nitrogens with one attached hydrogen (secondary N) is 1. The van der Waals surface area contributed by atoms with E-state index in [2.05, 4.69) is 11.4 Å². The van der Waals surface area contributed by atoms with Gasteiger partial charge < -0.3 is 9.88 Å². The number of rotatable bonds is 5. The minimum atomic E-state index is -0.523. The standard InChI is InChI=1S/C28H20Cl2N4OS/c29-20-10-9-17(24(30)12-20)15-34-16-19(21-5-1-3-7-25(21)34)11-18(13-31)27(35)33-28-23(14-32)22-6-2-4-8-26(22)36-28/h1,3,5,7,9-12,16H,2,4,6,8,15H2,(H,33,35)/b18-11+. The normalized spacial score (nSPS) is 13.2. The average molecular weight is 531 g/mol. The van der Waals surface area contributed by atoms with E-state index >= 15 is 0 Å². The molecule has 1 aliphatic carbocycles. The van der Waals surface area contributed by atoms with Crippen LogP contribution in [0.25, 0.3) is 17.0 Å². The quantitative estimate of drug-likeness (QED) is 0.216. The number of hydrogen-bond acceptors (Lipinski definition) is 4. The molecule has 0 unspecified atom stereocenters. The molecule has 5 rings (SSSR count). The fourth-order valence-corrected chi connectivity index (χ4v) is 6.30. The van der Waals surface area contributed by atoms with Crippen LogP contribution >= 0.6 is 34.5 Å². The van der Waals surface area contributed by atoms with Gasteiger partial charge in [-0.05, 0) is 61.1 Å². The van der Waals surface area contributed by atoms with Crippen LogP contribution in [0.3, 0.4) is 0 Å². The molecular formula is C28H20Cl2N4OS. The molecule has 2 heterocycles. The van der Waals surface area contributed by atoms with Gasteiger partial charge in [-0.25, -0.2) is 0 Å². The number of amides is 1. The molecular weight excluding hydrogens is 511 g/mol. The Morgan fingerprint density at radius 1 is 1.14 bits per heavy atom. The molecule has 1 N–H and O–H groups in total. The predicted molar refractivity (Wildman–Crippen MR) is 145 cm³/mol. The number of aromatic nitrogens is 1. The number of halogens is 2. The third-order valence-electron chi connectivity index (χ3n) is 6.35.